The maximum Gasteiger partial charge on any atom is 0.418 e. The van der Waals surface area contributed by atoms with E-state index in [1.807, 2.05) is 0 Å². The van der Waals surface area contributed by atoms with Gasteiger partial charge >= 0.3 is 22.2 Å². The van der Waals surface area contributed by atoms with E-state index in [0.29, 0.717) is 15.9 Å². The topological polar surface area (TPSA) is 118 Å². The maximum atomic E-state index is 13.7. The van der Waals surface area contributed by atoms with E-state index in [1.165, 1.54) is 26.2 Å². The molecule has 1 aromatic carbocycles. The van der Waals surface area contributed by atoms with E-state index in [4.69, 9.17) is 0 Å². The zero-order valence-corrected chi connectivity index (χ0v) is 16.7. The third-order valence-corrected chi connectivity index (χ3v) is 5.81. The van der Waals surface area contributed by atoms with Gasteiger partial charge in [-0.3, -0.25) is 4.31 Å². The Bertz CT molecular complexity index is 1240. The fourth-order valence-electron chi connectivity index (χ4n) is 2.89. The number of rotatable bonds is 5. The number of benzene rings is 1. The largest absolute Gasteiger partial charge is 0.478 e. The SMILES string of the molecule is Cc1cnc2nc(S(=O)(=O)N(c3c(C(=O)O)cccc3C(F)(F)F)C(C)C)nn2c1. The molecule has 30 heavy (non-hydrogen) atoms. The van der Waals surface area contributed by atoms with Crippen LogP contribution in [0.1, 0.15) is 35.3 Å². The number of carbonyl (C=O) groups is 1. The second kappa shape index (κ2) is 7.23. The lowest BCUT2D eigenvalue weighted by atomic mass is 10.1. The minimum absolute atomic E-state index is 0.0783. The van der Waals surface area contributed by atoms with Gasteiger partial charge in [-0.05, 0) is 38.5 Å². The molecule has 3 aromatic rings. The molecule has 0 saturated carbocycles. The van der Waals surface area contributed by atoms with Crippen LogP contribution in [0.25, 0.3) is 5.78 Å². The second-order valence-electron chi connectivity index (χ2n) is 6.67. The summed E-state index contributed by atoms with van der Waals surface area (Å²) in [6.07, 6.45) is -2.14. The minimum Gasteiger partial charge on any atom is -0.478 e. The summed E-state index contributed by atoms with van der Waals surface area (Å²) in [7, 11) is -4.78. The zero-order chi connectivity index (χ0) is 22.4. The predicted octanol–water partition coefficient (Wildman–Crippen LogP) is 2.75. The lowest BCUT2D eigenvalue weighted by molar-refractivity contribution is -0.137. The fraction of sp³-hybridized carbons (Fsp3) is 0.294. The first-order valence-corrected chi connectivity index (χ1v) is 9.95. The highest BCUT2D eigenvalue weighted by molar-refractivity contribution is 7.92. The van der Waals surface area contributed by atoms with Crippen LogP contribution < -0.4 is 4.31 Å². The minimum atomic E-state index is -5.01. The smallest absolute Gasteiger partial charge is 0.418 e. The Morgan fingerprint density at radius 3 is 2.50 bits per heavy atom. The number of fused-ring (bicyclic) bond motifs is 1. The van der Waals surface area contributed by atoms with Crippen molar-refractivity contribution in [2.24, 2.45) is 0 Å². The molecule has 0 spiro atoms. The number of carboxylic acids is 1. The average molecular weight is 443 g/mol. The third kappa shape index (κ3) is 3.67. The molecule has 2 aromatic heterocycles. The molecule has 0 aliphatic rings. The first-order chi connectivity index (χ1) is 13.8. The molecule has 160 valence electrons. The van der Waals surface area contributed by atoms with Gasteiger partial charge in [0.25, 0.3) is 10.9 Å². The van der Waals surface area contributed by atoms with Gasteiger partial charge in [0.1, 0.15) is 0 Å². The molecule has 0 fully saturated rings. The number of hydrogen-bond acceptors (Lipinski definition) is 6. The third-order valence-electron chi connectivity index (χ3n) is 4.05. The van der Waals surface area contributed by atoms with Crippen molar-refractivity contribution >= 4 is 27.5 Å². The maximum absolute atomic E-state index is 13.7. The summed E-state index contributed by atoms with van der Waals surface area (Å²) in [5, 5.41) is 12.5. The van der Waals surface area contributed by atoms with E-state index < -0.39 is 50.2 Å². The molecule has 13 heteroatoms. The summed E-state index contributed by atoms with van der Waals surface area (Å²) < 4.78 is 69.0. The highest BCUT2D eigenvalue weighted by Crippen LogP contribution is 2.41. The van der Waals surface area contributed by atoms with Crippen molar-refractivity contribution < 1.29 is 31.5 Å². The number of aromatic carboxylic acids is 1. The number of halogens is 3. The Hall–Kier alpha value is -3.22. The van der Waals surface area contributed by atoms with E-state index in [0.717, 1.165) is 16.6 Å². The van der Waals surface area contributed by atoms with Crippen LogP contribution >= 0.6 is 0 Å². The highest BCUT2D eigenvalue weighted by atomic mass is 32.2. The van der Waals surface area contributed by atoms with Crippen LogP contribution in [-0.4, -0.2) is 45.1 Å². The Balaban J connectivity index is 2.32. The van der Waals surface area contributed by atoms with E-state index >= 15 is 0 Å². The molecular formula is C17H16F3N5O4S. The molecule has 1 N–H and O–H groups in total. The Labute approximate surface area is 168 Å². The number of sulfonamides is 1. The Morgan fingerprint density at radius 2 is 1.93 bits per heavy atom. The molecule has 0 atom stereocenters. The van der Waals surface area contributed by atoms with Crippen molar-refractivity contribution in [3.63, 3.8) is 0 Å². The van der Waals surface area contributed by atoms with Crippen LogP contribution in [0.15, 0.2) is 35.7 Å². The van der Waals surface area contributed by atoms with E-state index in [1.54, 1.807) is 6.92 Å². The van der Waals surface area contributed by atoms with Crippen molar-refractivity contribution in [3.8, 4) is 0 Å². The summed E-state index contributed by atoms with van der Waals surface area (Å²) in [5.41, 5.74) is -2.58. The van der Waals surface area contributed by atoms with Crippen molar-refractivity contribution in [1.29, 1.82) is 0 Å². The van der Waals surface area contributed by atoms with Crippen molar-refractivity contribution in [2.45, 2.75) is 38.1 Å². The summed E-state index contributed by atoms with van der Waals surface area (Å²) in [4.78, 5) is 19.4. The van der Waals surface area contributed by atoms with Crippen molar-refractivity contribution in [3.05, 3.63) is 47.3 Å². The number of nitrogens with zero attached hydrogens (tertiary/aromatic N) is 5. The van der Waals surface area contributed by atoms with Gasteiger partial charge in [0.05, 0.1) is 16.8 Å². The number of aryl methyl sites for hydroxylation is 1. The highest BCUT2D eigenvalue weighted by Gasteiger charge is 2.42. The molecule has 2 heterocycles. The van der Waals surface area contributed by atoms with Crippen molar-refractivity contribution in [2.75, 3.05) is 4.31 Å². The molecule has 0 aliphatic heterocycles. The Morgan fingerprint density at radius 1 is 1.27 bits per heavy atom. The Kier molecular flexibility index (Phi) is 5.18. The van der Waals surface area contributed by atoms with Crippen LogP contribution in [0.5, 0.6) is 0 Å². The summed E-state index contributed by atoms with van der Waals surface area (Å²) in [6.45, 7) is 4.31. The molecule has 0 unspecified atom stereocenters. The molecule has 0 amide bonds. The van der Waals surface area contributed by atoms with Gasteiger partial charge in [0.15, 0.2) is 0 Å². The number of aromatic nitrogens is 4. The van der Waals surface area contributed by atoms with Gasteiger partial charge in [0, 0.05) is 18.4 Å². The van der Waals surface area contributed by atoms with Gasteiger partial charge < -0.3 is 5.11 Å². The standard InChI is InChI=1S/C17H16F3N5O4S/c1-9(2)25(13-11(14(26)27)5-4-6-12(13)17(18,19)20)30(28,29)16-22-15-21-7-10(3)8-24(15)23-16/h4-9H,1-3H3,(H,26,27). The number of hydrogen-bond donors (Lipinski definition) is 1. The van der Waals surface area contributed by atoms with E-state index in [2.05, 4.69) is 15.1 Å². The fourth-order valence-corrected chi connectivity index (χ4v) is 4.45. The molecular weight excluding hydrogens is 427 g/mol. The predicted molar refractivity (Wildman–Crippen MR) is 98.7 cm³/mol. The number of anilines is 1. The van der Waals surface area contributed by atoms with Gasteiger partial charge in [-0.2, -0.15) is 26.6 Å². The van der Waals surface area contributed by atoms with E-state index in [-0.39, 0.29) is 5.78 Å². The van der Waals surface area contributed by atoms with Gasteiger partial charge in [-0.1, -0.05) is 6.07 Å². The van der Waals surface area contributed by atoms with Crippen LogP contribution in [0.2, 0.25) is 0 Å². The van der Waals surface area contributed by atoms with Crippen LogP contribution in [0.3, 0.4) is 0 Å². The second-order valence-corrected chi connectivity index (χ2v) is 8.38. The average Bonchev–Trinajstić information content (AvgIpc) is 3.04. The summed E-state index contributed by atoms with van der Waals surface area (Å²) in [6, 6.07) is 1.34. The molecule has 3 rings (SSSR count). The van der Waals surface area contributed by atoms with Crippen LogP contribution in [0.4, 0.5) is 18.9 Å². The summed E-state index contributed by atoms with van der Waals surface area (Å²) >= 11 is 0. The number of para-hydroxylation sites is 1. The normalized spacial score (nSPS) is 12.5. The molecule has 0 bridgehead atoms. The quantitative estimate of drug-likeness (QED) is 0.644. The summed E-state index contributed by atoms with van der Waals surface area (Å²) in [5.74, 6) is -1.79. The monoisotopic (exact) mass is 443 g/mol. The van der Waals surface area contributed by atoms with Gasteiger partial charge in [-0.25, -0.2) is 14.3 Å². The van der Waals surface area contributed by atoms with Gasteiger partial charge in [0.2, 0.25) is 0 Å². The van der Waals surface area contributed by atoms with E-state index in [9.17, 15) is 31.5 Å². The van der Waals surface area contributed by atoms with Crippen LogP contribution in [0, 0.1) is 6.92 Å². The lowest BCUT2D eigenvalue weighted by Crippen LogP contribution is -2.40. The van der Waals surface area contributed by atoms with Crippen LogP contribution in [-0.2, 0) is 16.2 Å². The number of carboxylic acid groups (broad SMARTS) is 1. The molecule has 0 radical (unpaired) electrons. The first-order valence-electron chi connectivity index (χ1n) is 8.51. The van der Waals surface area contributed by atoms with Gasteiger partial charge in [-0.15, -0.1) is 5.10 Å². The van der Waals surface area contributed by atoms with Crippen molar-refractivity contribution in [1.82, 2.24) is 19.6 Å². The lowest BCUT2D eigenvalue weighted by Gasteiger charge is -2.30. The number of alkyl halides is 3. The molecule has 9 nitrogen and oxygen atoms in total. The zero-order valence-electron chi connectivity index (χ0n) is 15.9. The molecule has 0 saturated heterocycles. The first kappa shape index (κ1) is 21.5. The molecule has 0 aliphatic carbocycles.